The first kappa shape index (κ1) is 10.3. The highest BCUT2D eigenvalue weighted by atomic mass is 35.5. The Morgan fingerprint density at radius 2 is 2.44 bits per heavy atom. The van der Waals surface area contributed by atoms with Crippen molar-refractivity contribution in [3.63, 3.8) is 0 Å². The second-order valence-corrected chi connectivity index (χ2v) is 5.37. The highest BCUT2D eigenvalue weighted by Crippen LogP contribution is 2.31. The van der Waals surface area contributed by atoms with Crippen molar-refractivity contribution >= 4 is 45.8 Å². The van der Waals surface area contributed by atoms with Gasteiger partial charge in [-0.15, -0.1) is 16.7 Å². The maximum Gasteiger partial charge on any atom is 0.192 e. The topological polar surface area (TPSA) is 65.8 Å². The minimum atomic E-state index is 0.0187. The van der Waals surface area contributed by atoms with Gasteiger partial charge in [-0.05, 0) is 18.5 Å². The number of nitrogens with zero attached hydrogens (tertiary/aromatic N) is 5. The van der Waals surface area contributed by atoms with Crippen molar-refractivity contribution in [1.29, 1.82) is 0 Å². The molecule has 84 valence electrons. The maximum absolute atomic E-state index is 5.76. The van der Waals surface area contributed by atoms with Crippen LogP contribution in [-0.2, 0) is 0 Å². The Kier molecular flexibility index (Phi) is 2.49. The summed E-state index contributed by atoms with van der Waals surface area (Å²) in [4.78, 5) is 0.940. The minimum Gasteiger partial charge on any atom is -0.274 e. The van der Waals surface area contributed by atoms with Crippen LogP contribution in [0.4, 0.5) is 0 Å². The maximum atomic E-state index is 5.76. The van der Waals surface area contributed by atoms with Crippen molar-refractivity contribution in [1.82, 2.24) is 20.0 Å². The molecule has 0 saturated heterocycles. The minimum absolute atomic E-state index is 0.0187. The van der Waals surface area contributed by atoms with Crippen LogP contribution in [0.15, 0.2) is 10.2 Å². The van der Waals surface area contributed by atoms with Crippen LogP contribution in [0, 0.1) is 6.92 Å². The molecule has 9 heteroatoms. The number of nitrogens with one attached hydrogen (secondary N) is 1. The fourth-order valence-electron chi connectivity index (χ4n) is 1.43. The van der Waals surface area contributed by atoms with E-state index in [1.165, 1.54) is 11.5 Å². The number of halogens is 1. The molecule has 6 nitrogen and oxygen atoms in total. The number of aryl methyl sites for hydroxylation is 1. The normalized spacial score (nSPS) is 22.9. The fourth-order valence-corrected chi connectivity index (χ4v) is 3.12. The quantitative estimate of drug-likeness (QED) is 0.815. The third-order valence-corrected chi connectivity index (χ3v) is 4.42. The Hall–Kier alpha value is -0.860. The van der Waals surface area contributed by atoms with Crippen molar-refractivity contribution in [2.24, 2.45) is 10.2 Å². The van der Waals surface area contributed by atoms with Crippen molar-refractivity contribution in [3.8, 4) is 0 Å². The number of hydrogen-bond acceptors (Lipinski definition) is 8. The van der Waals surface area contributed by atoms with Crippen LogP contribution < -0.4 is 5.43 Å². The van der Waals surface area contributed by atoms with Crippen LogP contribution in [0.25, 0.3) is 0 Å². The average Bonchev–Trinajstić information content (AvgIpc) is 2.92. The Morgan fingerprint density at radius 3 is 3.12 bits per heavy atom. The van der Waals surface area contributed by atoms with Gasteiger partial charge in [-0.25, -0.2) is 5.01 Å². The summed E-state index contributed by atoms with van der Waals surface area (Å²) in [6, 6.07) is 0. The third-order valence-electron chi connectivity index (χ3n) is 2.16. The molecule has 1 atom stereocenters. The second-order valence-electron chi connectivity index (χ2n) is 3.19. The van der Waals surface area contributed by atoms with Crippen molar-refractivity contribution in [2.45, 2.75) is 12.4 Å². The summed E-state index contributed by atoms with van der Waals surface area (Å²) in [6.07, 6.45) is 0. The molecule has 0 spiro atoms. The zero-order valence-electron chi connectivity index (χ0n) is 8.21. The molecule has 1 aromatic heterocycles. The lowest BCUT2D eigenvalue weighted by Gasteiger charge is -2.12. The van der Waals surface area contributed by atoms with Crippen LogP contribution in [0.3, 0.4) is 0 Å². The standard InChI is InChI=1S/C7H7ClN6S2/c1-3-5(16-13-9-3)6-10-11-7-14(6)12-4(2-8)15-7/h7,11H,2H2,1H3. The van der Waals surface area contributed by atoms with E-state index in [2.05, 4.69) is 25.2 Å². The summed E-state index contributed by atoms with van der Waals surface area (Å²) in [6.45, 7) is 1.91. The van der Waals surface area contributed by atoms with E-state index in [1.54, 1.807) is 11.8 Å². The number of rotatable bonds is 2. The zero-order chi connectivity index (χ0) is 11.1. The zero-order valence-corrected chi connectivity index (χ0v) is 10.6. The van der Waals surface area contributed by atoms with Crippen molar-refractivity contribution in [2.75, 3.05) is 5.88 Å². The number of aromatic nitrogens is 2. The van der Waals surface area contributed by atoms with E-state index >= 15 is 0 Å². The molecule has 0 bridgehead atoms. The lowest BCUT2D eigenvalue weighted by molar-refractivity contribution is 0.425. The number of amidine groups is 1. The number of hydrogen-bond donors (Lipinski definition) is 1. The van der Waals surface area contributed by atoms with E-state index in [1.807, 2.05) is 11.9 Å². The summed E-state index contributed by atoms with van der Waals surface area (Å²) in [5.41, 5.74) is 3.89. The van der Waals surface area contributed by atoms with E-state index in [0.717, 1.165) is 21.5 Å². The van der Waals surface area contributed by atoms with Crippen LogP contribution in [0.5, 0.6) is 0 Å². The van der Waals surface area contributed by atoms with Gasteiger partial charge in [-0.3, -0.25) is 5.43 Å². The van der Waals surface area contributed by atoms with Gasteiger partial charge in [0.05, 0.1) is 11.6 Å². The predicted molar refractivity (Wildman–Crippen MR) is 65.7 cm³/mol. The summed E-state index contributed by atoms with van der Waals surface area (Å²) in [5, 5.41) is 15.3. The first-order chi connectivity index (χ1) is 7.79. The van der Waals surface area contributed by atoms with E-state index in [-0.39, 0.29) is 5.50 Å². The molecule has 1 unspecified atom stereocenters. The molecule has 16 heavy (non-hydrogen) atoms. The van der Waals surface area contributed by atoms with Crippen LogP contribution >= 0.6 is 34.9 Å². The van der Waals surface area contributed by atoms with Crippen molar-refractivity contribution in [3.05, 3.63) is 10.6 Å². The molecule has 0 radical (unpaired) electrons. The third kappa shape index (κ3) is 1.48. The molecule has 1 N–H and O–H groups in total. The number of thioether (sulfide) groups is 1. The highest BCUT2D eigenvalue weighted by Gasteiger charge is 2.36. The van der Waals surface area contributed by atoms with Gasteiger partial charge in [0.1, 0.15) is 9.92 Å². The molecule has 2 aliphatic heterocycles. The Morgan fingerprint density at radius 1 is 1.56 bits per heavy atom. The number of alkyl halides is 1. The summed E-state index contributed by atoms with van der Waals surface area (Å²) in [5.74, 6) is 1.19. The monoisotopic (exact) mass is 274 g/mol. The molecule has 0 aliphatic carbocycles. The first-order valence-electron chi connectivity index (χ1n) is 4.51. The smallest absolute Gasteiger partial charge is 0.192 e. The molecule has 3 heterocycles. The van der Waals surface area contributed by atoms with Gasteiger partial charge in [-0.1, -0.05) is 16.3 Å². The van der Waals surface area contributed by atoms with Crippen LogP contribution in [-0.4, -0.2) is 36.9 Å². The molecule has 0 saturated carbocycles. The van der Waals surface area contributed by atoms with E-state index in [4.69, 9.17) is 11.6 Å². The number of hydrazone groups is 2. The van der Waals surface area contributed by atoms with Gasteiger partial charge >= 0.3 is 0 Å². The van der Waals surface area contributed by atoms with E-state index < -0.39 is 0 Å². The molecule has 0 amide bonds. The molecular weight excluding hydrogens is 268 g/mol. The molecule has 0 aromatic carbocycles. The molecule has 0 fully saturated rings. The number of fused-ring (bicyclic) bond motifs is 1. The molecular formula is C7H7ClN6S2. The van der Waals surface area contributed by atoms with Gasteiger partial charge in [0, 0.05) is 0 Å². The van der Waals surface area contributed by atoms with Gasteiger partial charge < -0.3 is 0 Å². The van der Waals surface area contributed by atoms with Crippen molar-refractivity contribution < 1.29 is 0 Å². The molecule has 2 aliphatic rings. The van der Waals surface area contributed by atoms with E-state index in [9.17, 15) is 0 Å². The Labute approximate surface area is 105 Å². The van der Waals surface area contributed by atoms with Gasteiger partial charge in [0.2, 0.25) is 0 Å². The summed E-state index contributed by atoms with van der Waals surface area (Å²) >= 11 is 8.65. The van der Waals surface area contributed by atoms with Crippen LogP contribution in [0.2, 0.25) is 0 Å². The first-order valence-corrected chi connectivity index (χ1v) is 6.70. The lowest BCUT2D eigenvalue weighted by Crippen LogP contribution is -2.30. The second kappa shape index (κ2) is 3.86. The average molecular weight is 275 g/mol. The SMILES string of the molecule is Cc1nnsc1C1=NNC2SC(CCl)=NN12. The predicted octanol–water partition coefficient (Wildman–Crippen LogP) is 0.996. The molecule has 1 aromatic rings. The molecule has 3 rings (SSSR count). The van der Waals surface area contributed by atoms with Gasteiger partial charge in [-0.2, -0.15) is 10.2 Å². The fraction of sp³-hybridized carbons (Fsp3) is 0.429. The Balaban J connectivity index is 1.94. The largest absolute Gasteiger partial charge is 0.274 e. The lowest BCUT2D eigenvalue weighted by atomic mass is 10.4. The highest BCUT2D eigenvalue weighted by molar-refractivity contribution is 8.14. The summed E-state index contributed by atoms with van der Waals surface area (Å²) in [7, 11) is 0. The van der Waals surface area contributed by atoms with Crippen LogP contribution in [0.1, 0.15) is 10.6 Å². The van der Waals surface area contributed by atoms with E-state index in [0.29, 0.717) is 5.88 Å². The summed E-state index contributed by atoms with van der Waals surface area (Å²) < 4.78 is 3.89. The van der Waals surface area contributed by atoms with Gasteiger partial charge in [0.25, 0.3) is 0 Å². The Bertz CT molecular complexity index is 483. The van der Waals surface area contributed by atoms with Gasteiger partial charge in [0.15, 0.2) is 11.3 Å².